The van der Waals surface area contributed by atoms with Crippen molar-refractivity contribution in [3.63, 3.8) is 0 Å². The third-order valence-corrected chi connectivity index (χ3v) is 3.30. The largest absolute Gasteiger partial charge is 0.508 e. The van der Waals surface area contributed by atoms with E-state index in [1.807, 2.05) is 20.8 Å². The van der Waals surface area contributed by atoms with Gasteiger partial charge in [-0.2, -0.15) is 0 Å². The van der Waals surface area contributed by atoms with E-state index < -0.39 is 0 Å². The molecule has 1 aromatic rings. The Bertz CT molecular complexity index is 449. The average Bonchev–Trinajstić information content (AvgIpc) is 2.38. The third-order valence-electron chi connectivity index (χ3n) is 3.30. The number of phenolic OH excluding ortho intramolecular Hbond substituents is 2. The summed E-state index contributed by atoms with van der Waals surface area (Å²) in [5, 5.41) is 25.1. The van der Waals surface area contributed by atoms with Crippen molar-refractivity contribution < 1.29 is 15.0 Å². The number of rotatable bonds is 7. The number of carbonyl (C=O) groups excluding carboxylic acids is 1. The molecule has 0 spiro atoms. The van der Waals surface area contributed by atoms with Gasteiger partial charge in [0.25, 0.3) is 0 Å². The number of benzene rings is 1. The van der Waals surface area contributed by atoms with Crippen molar-refractivity contribution in [1.29, 1.82) is 0 Å². The Kier molecular flexibility index (Phi) is 6.31. The lowest BCUT2D eigenvalue weighted by atomic mass is 10.1. The van der Waals surface area contributed by atoms with Gasteiger partial charge >= 0.3 is 0 Å². The van der Waals surface area contributed by atoms with Crippen LogP contribution in [0.5, 0.6) is 11.5 Å². The molecule has 5 heteroatoms. The number of hydrogen-bond donors (Lipinski definition) is 4. The summed E-state index contributed by atoms with van der Waals surface area (Å²) in [4.78, 5) is 11.6. The van der Waals surface area contributed by atoms with Gasteiger partial charge in [-0.1, -0.05) is 13.0 Å². The highest BCUT2D eigenvalue weighted by atomic mass is 16.3. The maximum absolute atomic E-state index is 11.6. The molecule has 0 saturated carbocycles. The van der Waals surface area contributed by atoms with Gasteiger partial charge in [0.2, 0.25) is 5.91 Å². The lowest BCUT2D eigenvalue weighted by molar-refractivity contribution is -0.121. The minimum Gasteiger partial charge on any atom is -0.508 e. The van der Waals surface area contributed by atoms with Gasteiger partial charge < -0.3 is 20.8 Å². The van der Waals surface area contributed by atoms with Crippen LogP contribution in [0, 0.1) is 0 Å². The first-order chi connectivity index (χ1) is 9.43. The molecule has 0 saturated heterocycles. The Morgan fingerprint density at radius 1 is 1.30 bits per heavy atom. The number of carbonyl (C=O) groups is 1. The minimum absolute atomic E-state index is 0.0222. The maximum atomic E-state index is 11.6. The molecular weight excluding hydrogens is 256 g/mol. The smallest absolute Gasteiger partial charge is 0.221 e. The Hall–Kier alpha value is -1.75. The van der Waals surface area contributed by atoms with Gasteiger partial charge in [0.1, 0.15) is 11.5 Å². The van der Waals surface area contributed by atoms with Gasteiger partial charge in [-0.25, -0.2) is 0 Å². The summed E-state index contributed by atoms with van der Waals surface area (Å²) in [5.74, 6) is 0.106. The van der Waals surface area contributed by atoms with Gasteiger partial charge in [0.15, 0.2) is 0 Å². The van der Waals surface area contributed by atoms with Crippen molar-refractivity contribution in [3.05, 3.63) is 23.8 Å². The Morgan fingerprint density at radius 3 is 2.60 bits per heavy atom. The van der Waals surface area contributed by atoms with Crippen LogP contribution in [-0.4, -0.2) is 28.7 Å². The Morgan fingerprint density at radius 2 is 2.00 bits per heavy atom. The molecule has 1 aromatic carbocycles. The molecule has 0 fully saturated rings. The van der Waals surface area contributed by atoms with Crippen molar-refractivity contribution in [2.24, 2.45) is 0 Å². The molecule has 2 unspecified atom stereocenters. The zero-order valence-corrected chi connectivity index (χ0v) is 12.3. The summed E-state index contributed by atoms with van der Waals surface area (Å²) >= 11 is 0. The Labute approximate surface area is 120 Å². The normalized spacial score (nSPS) is 13.8. The van der Waals surface area contributed by atoms with Crippen LogP contribution in [0.25, 0.3) is 0 Å². The van der Waals surface area contributed by atoms with E-state index in [1.165, 1.54) is 12.1 Å². The van der Waals surface area contributed by atoms with Crippen LogP contribution in [0.4, 0.5) is 0 Å². The lowest BCUT2D eigenvalue weighted by Gasteiger charge is -2.16. The summed E-state index contributed by atoms with van der Waals surface area (Å²) < 4.78 is 0. The zero-order valence-electron chi connectivity index (χ0n) is 12.3. The van der Waals surface area contributed by atoms with Crippen molar-refractivity contribution in [2.45, 2.75) is 45.7 Å². The molecule has 0 radical (unpaired) electrons. The van der Waals surface area contributed by atoms with Gasteiger partial charge in [-0.15, -0.1) is 0 Å². The molecule has 0 heterocycles. The summed E-state index contributed by atoms with van der Waals surface area (Å²) in [7, 11) is 0. The molecular formula is C15H24N2O3. The number of hydrogen-bond acceptors (Lipinski definition) is 4. The predicted octanol–water partition coefficient (Wildman–Crippen LogP) is 2.05. The fraction of sp³-hybridized carbons (Fsp3) is 0.533. The summed E-state index contributed by atoms with van der Waals surface area (Å²) in [5.41, 5.74) is 0.699. The molecule has 1 amide bonds. The van der Waals surface area contributed by atoms with Gasteiger partial charge in [-0.3, -0.25) is 4.79 Å². The highest BCUT2D eigenvalue weighted by molar-refractivity contribution is 5.76. The zero-order chi connectivity index (χ0) is 15.1. The van der Waals surface area contributed by atoms with Crippen molar-refractivity contribution >= 4 is 5.91 Å². The van der Waals surface area contributed by atoms with Crippen LogP contribution in [0.15, 0.2) is 18.2 Å². The standard InChI is InChI=1S/C15H24N2O3/c1-4-10(2)17-15(20)7-8-16-11(3)13-6-5-12(18)9-14(13)19/h5-6,9-11,16,18-19H,4,7-8H2,1-3H3,(H,17,20). The van der Waals surface area contributed by atoms with Crippen molar-refractivity contribution in [1.82, 2.24) is 10.6 Å². The number of amides is 1. The Balaban J connectivity index is 2.40. The van der Waals surface area contributed by atoms with Gasteiger partial charge in [0.05, 0.1) is 0 Å². The number of aromatic hydroxyl groups is 2. The molecule has 0 aliphatic heterocycles. The van der Waals surface area contributed by atoms with E-state index in [-0.39, 0.29) is 29.5 Å². The highest BCUT2D eigenvalue weighted by Gasteiger charge is 2.11. The van der Waals surface area contributed by atoms with Gasteiger partial charge in [0, 0.05) is 36.7 Å². The summed E-state index contributed by atoms with van der Waals surface area (Å²) in [6.45, 7) is 6.43. The molecule has 20 heavy (non-hydrogen) atoms. The van der Waals surface area contributed by atoms with E-state index in [2.05, 4.69) is 10.6 Å². The fourth-order valence-corrected chi connectivity index (χ4v) is 1.86. The van der Waals surface area contributed by atoms with E-state index in [9.17, 15) is 15.0 Å². The monoisotopic (exact) mass is 280 g/mol. The van der Waals surface area contributed by atoms with Crippen molar-refractivity contribution in [2.75, 3.05) is 6.54 Å². The van der Waals surface area contributed by atoms with Crippen LogP contribution >= 0.6 is 0 Å². The second-order valence-electron chi connectivity index (χ2n) is 5.05. The molecule has 1 rings (SSSR count). The quantitative estimate of drug-likeness (QED) is 0.616. The number of phenols is 2. The van der Waals surface area contributed by atoms with Crippen LogP contribution in [0.3, 0.4) is 0 Å². The van der Waals surface area contributed by atoms with Gasteiger partial charge in [-0.05, 0) is 26.3 Å². The van der Waals surface area contributed by atoms with E-state index in [0.717, 1.165) is 6.42 Å². The second kappa shape index (κ2) is 7.75. The van der Waals surface area contributed by atoms with Crippen LogP contribution in [-0.2, 0) is 4.79 Å². The summed E-state index contributed by atoms with van der Waals surface area (Å²) in [6.07, 6.45) is 1.31. The SMILES string of the molecule is CCC(C)NC(=O)CCNC(C)c1ccc(O)cc1O. The predicted molar refractivity (Wildman–Crippen MR) is 78.7 cm³/mol. The highest BCUT2D eigenvalue weighted by Crippen LogP contribution is 2.27. The molecule has 2 atom stereocenters. The van der Waals surface area contributed by atoms with E-state index in [0.29, 0.717) is 18.5 Å². The minimum atomic E-state index is -0.0907. The van der Waals surface area contributed by atoms with E-state index in [4.69, 9.17) is 0 Å². The molecule has 4 N–H and O–H groups in total. The van der Waals surface area contributed by atoms with E-state index >= 15 is 0 Å². The molecule has 0 aliphatic rings. The topological polar surface area (TPSA) is 81.6 Å². The number of nitrogens with one attached hydrogen (secondary N) is 2. The molecule has 0 aromatic heterocycles. The van der Waals surface area contributed by atoms with Crippen LogP contribution < -0.4 is 10.6 Å². The maximum Gasteiger partial charge on any atom is 0.221 e. The van der Waals surface area contributed by atoms with Crippen LogP contribution in [0.1, 0.15) is 45.2 Å². The first kappa shape index (κ1) is 16.3. The average molecular weight is 280 g/mol. The summed E-state index contributed by atoms with van der Waals surface area (Å²) in [6, 6.07) is 4.61. The molecule has 5 nitrogen and oxygen atoms in total. The second-order valence-corrected chi connectivity index (χ2v) is 5.05. The third kappa shape index (κ3) is 5.09. The first-order valence-electron chi connectivity index (χ1n) is 6.98. The lowest BCUT2D eigenvalue weighted by Crippen LogP contribution is -2.34. The molecule has 0 aliphatic carbocycles. The molecule has 0 bridgehead atoms. The fourth-order valence-electron chi connectivity index (χ4n) is 1.86. The van der Waals surface area contributed by atoms with Crippen molar-refractivity contribution in [3.8, 4) is 11.5 Å². The van der Waals surface area contributed by atoms with E-state index in [1.54, 1.807) is 6.07 Å². The molecule has 112 valence electrons. The first-order valence-corrected chi connectivity index (χ1v) is 6.98. The van der Waals surface area contributed by atoms with Crippen LogP contribution in [0.2, 0.25) is 0 Å².